The van der Waals surface area contributed by atoms with E-state index in [1.807, 2.05) is 12.1 Å². The number of quaternary nitrogens is 1. The van der Waals surface area contributed by atoms with Gasteiger partial charge in [0.2, 0.25) is 0 Å². The predicted octanol–water partition coefficient (Wildman–Crippen LogP) is 0.864. The van der Waals surface area contributed by atoms with Crippen molar-refractivity contribution in [2.24, 2.45) is 5.92 Å². The third-order valence-electron chi connectivity index (χ3n) is 5.78. The number of rotatable bonds is 4. The number of benzene rings is 1. The van der Waals surface area contributed by atoms with E-state index in [1.165, 1.54) is 37.5 Å². The highest BCUT2D eigenvalue weighted by atomic mass is 16.5. The summed E-state index contributed by atoms with van der Waals surface area (Å²) in [6.45, 7) is 3.21. The van der Waals surface area contributed by atoms with Gasteiger partial charge in [0.05, 0.1) is 7.11 Å². The minimum Gasteiger partial charge on any atom is -0.465 e. The largest absolute Gasteiger partial charge is 0.465 e. The first-order valence-corrected chi connectivity index (χ1v) is 9.37. The molecule has 0 radical (unpaired) electrons. The smallest absolute Gasteiger partial charge is 0.365 e. The molecule has 2 aliphatic rings. The Balaban J connectivity index is 1.68. The van der Waals surface area contributed by atoms with Gasteiger partial charge in [-0.1, -0.05) is 44.0 Å². The normalized spacial score (nSPS) is 28.7. The summed E-state index contributed by atoms with van der Waals surface area (Å²) in [4.78, 5) is 25.8. The number of amides is 1. The molecule has 2 N–H and O–H groups in total. The van der Waals surface area contributed by atoms with Crippen LogP contribution in [0.1, 0.15) is 43.7 Å². The Kier molecular flexibility index (Phi) is 5.74. The lowest BCUT2D eigenvalue weighted by Gasteiger charge is -2.33. The summed E-state index contributed by atoms with van der Waals surface area (Å²) >= 11 is 0. The lowest BCUT2D eigenvalue weighted by molar-refractivity contribution is -0.924. The van der Waals surface area contributed by atoms with Crippen LogP contribution in [0.5, 0.6) is 0 Å². The fourth-order valence-corrected chi connectivity index (χ4v) is 4.23. The van der Waals surface area contributed by atoms with Crippen LogP contribution in [-0.2, 0) is 27.3 Å². The van der Waals surface area contributed by atoms with E-state index < -0.39 is 0 Å². The van der Waals surface area contributed by atoms with Crippen molar-refractivity contribution < 1.29 is 19.2 Å². The first kappa shape index (κ1) is 17.9. The van der Waals surface area contributed by atoms with Gasteiger partial charge in [-0.05, 0) is 24.3 Å². The zero-order chi connectivity index (χ0) is 17.8. The van der Waals surface area contributed by atoms with Crippen molar-refractivity contribution >= 4 is 11.9 Å². The van der Waals surface area contributed by atoms with E-state index in [1.54, 1.807) is 0 Å². The molecule has 0 bridgehead atoms. The van der Waals surface area contributed by atoms with Crippen molar-refractivity contribution in [3.63, 3.8) is 0 Å². The summed E-state index contributed by atoms with van der Waals surface area (Å²) in [5, 5.41) is 3.21. The van der Waals surface area contributed by atoms with Gasteiger partial charge in [-0.25, -0.2) is 4.79 Å². The molecule has 1 amide bonds. The average Bonchev–Trinajstić information content (AvgIpc) is 2.62. The highest BCUT2D eigenvalue weighted by molar-refractivity contribution is 5.78. The molecule has 1 aromatic carbocycles. The molecule has 1 unspecified atom stereocenters. The number of methoxy groups -OCH3 is 1. The van der Waals surface area contributed by atoms with Crippen molar-refractivity contribution in [3.8, 4) is 0 Å². The number of carbonyl (C=O) groups excluding carboxylic acids is 2. The number of ether oxygens (including phenoxy) is 1. The van der Waals surface area contributed by atoms with Crippen molar-refractivity contribution in [3.05, 3.63) is 35.4 Å². The molecule has 1 fully saturated rings. The van der Waals surface area contributed by atoms with Gasteiger partial charge >= 0.3 is 5.97 Å². The maximum Gasteiger partial charge on any atom is 0.365 e. The topological polar surface area (TPSA) is 59.8 Å². The van der Waals surface area contributed by atoms with Gasteiger partial charge in [-0.15, -0.1) is 0 Å². The Morgan fingerprint density at radius 3 is 2.64 bits per heavy atom. The Bertz CT molecular complexity index is 631. The fraction of sp³-hybridized carbons (Fsp3) is 0.600. The van der Waals surface area contributed by atoms with E-state index in [4.69, 9.17) is 4.74 Å². The quantitative estimate of drug-likeness (QED) is 0.796. The predicted molar refractivity (Wildman–Crippen MR) is 95.0 cm³/mol. The lowest BCUT2D eigenvalue weighted by atomic mass is 9.86. The van der Waals surface area contributed by atoms with Crippen LogP contribution < -0.4 is 10.2 Å². The molecule has 4 atom stereocenters. The number of fused-ring (bicyclic) bond motifs is 1. The van der Waals surface area contributed by atoms with Crippen LogP contribution in [0.4, 0.5) is 0 Å². The molecule has 0 aromatic heterocycles. The monoisotopic (exact) mass is 345 g/mol. The standard InChI is InChI=1S/C20H28N2O3/c1-14-7-3-6-10-17(14)21-19(23)13-22-12-16-9-5-4-8-15(16)11-18(22)20(24)25-2/h4-5,8-9,14,17-18H,3,6-7,10-13H2,1-2H3,(H,21,23)/p+1/t14-,17+,18+/m0/s1. The van der Waals surface area contributed by atoms with E-state index in [-0.39, 0.29) is 24.0 Å². The Hall–Kier alpha value is -1.88. The molecule has 3 rings (SSSR count). The summed E-state index contributed by atoms with van der Waals surface area (Å²) < 4.78 is 4.99. The van der Waals surface area contributed by atoms with Crippen LogP contribution >= 0.6 is 0 Å². The van der Waals surface area contributed by atoms with Crippen LogP contribution in [0.2, 0.25) is 0 Å². The molecular formula is C20H29N2O3+. The van der Waals surface area contributed by atoms with Gasteiger partial charge < -0.3 is 15.0 Å². The van der Waals surface area contributed by atoms with E-state index in [9.17, 15) is 9.59 Å². The second-order valence-electron chi connectivity index (χ2n) is 7.50. The van der Waals surface area contributed by atoms with Gasteiger partial charge in [0.25, 0.3) is 5.91 Å². The van der Waals surface area contributed by atoms with Gasteiger partial charge in [-0.2, -0.15) is 0 Å². The highest BCUT2D eigenvalue weighted by Gasteiger charge is 2.37. The van der Waals surface area contributed by atoms with Crippen molar-refractivity contribution in [2.45, 2.75) is 57.7 Å². The zero-order valence-corrected chi connectivity index (χ0v) is 15.2. The number of nitrogens with one attached hydrogen (secondary N) is 2. The summed E-state index contributed by atoms with van der Waals surface area (Å²) in [5.74, 6) is 0.344. The number of hydrogen-bond acceptors (Lipinski definition) is 3. The minimum atomic E-state index is -0.311. The first-order chi connectivity index (χ1) is 12.1. The van der Waals surface area contributed by atoms with Crippen molar-refractivity contribution in [2.75, 3.05) is 13.7 Å². The van der Waals surface area contributed by atoms with Crippen LogP contribution in [0.25, 0.3) is 0 Å². The van der Waals surface area contributed by atoms with Gasteiger partial charge in [0.15, 0.2) is 12.6 Å². The molecule has 0 saturated heterocycles. The molecule has 25 heavy (non-hydrogen) atoms. The number of hydrogen-bond donors (Lipinski definition) is 2. The van der Waals surface area contributed by atoms with E-state index in [2.05, 4.69) is 24.4 Å². The molecule has 1 saturated carbocycles. The van der Waals surface area contributed by atoms with Gasteiger partial charge in [0, 0.05) is 18.0 Å². The molecule has 1 aliphatic heterocycles. The van der Waals surface area contributed by atoms with Crippen LogP contribution in [0.3, 0.4) is 0 Å². The Labute approximate surface area is 149 Å². The van der Waals surface area contributed by atoms with Crippen LogP contribution in [-0.4, -0.2) is 37.6 Å². The van der Waals surface area contributed by atoms with Crippen LogP contribution in [0.15, 0.2) is 24.3 Å². The van der Waals surface area contributed by atoms with Crippen LogP contribution in [0, 0.1) is 5.92 Å². The number of esters is 1. The zero-order valence-electron chi connectivity index (χ0n) is 15.2. The lowest BCUT2D eigenvalue weighted by Crippen LogP contribution is -3.17. The Morgan fingerprint density at radius 1 is 1.20 bits per heavy atom. The van der Waals surface area contributed by atoms with E-state index in [0.29, 0.717) is 25.4 Å². The SMILES string of the molecule is COC(=O)[C@H]1Cc2ccccc2C[NH+]1CC(=O)N[C@@H]1CCCC[C@@H]1C. The molecule has 1 aromatic rings. The van der Waals surface area contributed by atoms with Crippen molar-refractivity contribution in [1.29, 1.82) is 0 Å². The molecule has 0 spiro atoms. The maximum atomic E-state index is 12.6. The maximum absolute atomic E-state index is 12.6. The molecule has 5 nitrogen and oxygen atoms in total. The van der Waals surface area contributed by atoms with E-state index in [0.717, 1.165) is 11.3 Å². The fourth-order valence-electron chi connectivity index (χ4n) is 4.23. The third kappa shape index (κ3) is 4.21. The van der Waals surface area contributed by atoms with E-state index >= 15 is 0 Å². The molecule has 136 valence electrons. The van der Waals surface area contributed by atoms with Gasteiger partial charge in [-0.3, -0.25) is 4.79 Å². The molecule has 1 heterocycles. The molecule has 5 heteroatoms. The number of carbonyl (C=O) groups is 2. The Morgan fingerprint density at radius 2 is 1.92 bits per heavy atom. The molecular weight excluding hydrogens is 316 g/mol. The second kappa shape index (κ2) is 8.00. The first-order valence-electron chi connectivity index (χ1n) is 9.37. The summed E-state index contributed by atoms with van der Waals surface area (Å²) in [6, 6.07) is 8.12. The van der Waals surface area contributed by atoms with Crippen molar-refractivity contribution in [1.82, 2.24) is 5.32 Å². The highest BCUT2D eigenvalue weighted by Crippen LogP contribution is 2.23. The minimum absolute atomic E-state index is 0.0436. The molecule has 1 aliphatic carbocycles. The average molecular weight is 345 g/mol. The third-order valence-corrected chi connectivity index (χ3v) is 5.78. The summed E-state index contributed by atoms with van der Waals surface area (Å²) in [7, 11) is 1.42. The summed E-state index contributed by atoms with van der Waals surface area (Å²) in [6.07, 6.45) is 5.31. The second-order valence-corrected chi connectivity index (χ2v) is 7.50. The van der Waals surface area contributed by atoms with Gasteiger partial charge in [0.1, 0.15) is 6.54 Å². The summed E-state index contributed by atoms with van der Waals surface area (Å²) in [5.41, 5.74) is 2.40.